The van der Waals surface area contributed by atoms with Crippen LogP contribution in [0, 0.1) is 0 Å². The first-order valence-corrected chi connectivity index (χ1v) is 14.6. The van der Waals surface area contributed by atoms with Crippen molar-refractivity contribution in [1.29, 1.82) is 0 Å². The van der Waals surface area contributed by atoms with Crippen molar-refractivity contribution in [2.24, 2.45) is 0 Å². The van der Waals surface area contributed by atoms with Gasteiger partial charge in [-0.1, -0.05) is 44.0 Å². The summed E-state index contributed by atoms with van der Waals surface area (Å²) in [5, 5.41) is 2.34. The minimum Gasteiger partial charge on any atom is -0.378 e. The van der Waals surface area contributed by atoms with E-state index in [4.69, 9.17) is 14.7 Å². The number of benzene rings is 1. The van der Waals surface area contributed by atoms with Gasteiger partial charge in [0.15, 0.2) is 0 Å². The number of nitrogens with zero attached hydrogens (tertiary/aromatic N) is 5. The lowest BCUT2D eigenvalue weighted by atomic mass is 9.90. The van der Waals surface area contributed by atoms with Gasteiger partial charge in [-0.25, -0.2) is 0 Å². The smallest absolute Gasteiger partial charge is 0.242 e. The van der Waals surface area contributed by atoms with E-state index in [0.717, 1.165) is 42.7 Å². The van der Waals surface area contributed by atoms with Gasteiger partial charge >= 0.3 is 0 Å². The summed E-state index contributed by atoms with van der Waals surface area (Å²) in [6, 6.07) is 15.3. The maximum atomic E-state index is 13.2. The number of carbonyl (C=O) groups is 1. The Hall–Kier alpha value is -3.29. The average molecular weight is 526 g/mol. The molecular weight excluding hydrogens is 486 g/mol. The Morgan fingerprint density at radius 1 is 1.05 bits per heavy atom. The Morgan fingerprint density at radius 3 is 2.79 bits per heavy atom. The van der Waals surface area contributed by atoms with Crippen LogP contribution in [0.5, 0.6) is 0 Å². The van der Waals surface area contributed by atoms with Crippen LogP contribution in [0.3, 0.4) is 0 Å². The van der Waals surface area contributed by atoms with Crippen molar-refractivity contribution in [3.8, 4) is 0 Å². The molecule has 7 nitrogen and oxygen atoms in total. The summed E-state index contributed by atoms with van der Waals surface area (Å²) in [5.74, 6) is 0.135. The highest BCUT2D eigenvalue weighted by molar-refractivity contribution is 6.08. The minimum atomic E-state index is 0.135. The van der Waals surface area contributed by atoms with E-state index in [1.807, 2.05) is 23.4 Å². The molecule has 0 N–H and O–H groups in total. The summed E-state index contributed by atoms with van der Waals surface area (Å²) in [4.78, 5) is 27.5. The molecule has 1 aliphatic heterocycles. The number of ether oxygens (including phenoxy) is 1. The maximum Gasteiger partial charge on any atom is 0.242 e. The predicted molar refractivity (Wildman–Crippen MR) is 154 cm³/mol. The van der Waals surface area contributed by atoms with Gasteiger partial charge in [0.2, 0.25) is 5.91 Å². The third kappa shape index (κ3) is 5.43. The zero-order valence-corrected chi connectivity index (χ0v) is 23.0. The van der Waals surface area contributed by atoms with Crippen molar-refractivity contribution in [3.63, 3.8) is 0 Å². The fourth-order valence-corrected chi connectivity index (χ4v) is 6.35. The molecule has 1 unspecified atom stereocenters. The zero-order chi connectivity index (χ0) is 26.6. The van der Waals surface area contributed by atoms with Crippen molar-refractivity contribution in [1.82, 2.24) is 24.3 Å². The molecule has 0 radical (unpaired) electrons. The van der Waals surface area contributed by atoms with Crippen LogP contribution in [0.4, 0.5) is 0 Å². The first-order valence-electron chi connectivity index (χ1n) is 14.6. The molecule has 6 rings (SSSR count). The third-order valence-electron chi connectivity index (χ3n) is 8.39. The lowest BCUT2D eigenvalue weighted by Crippen LogP contribution is -2.42. The van der Waals surface area contributed by atoms with E-state index in [9.17, 15) is 4.79 Å². The van der Waals surface area contributed by atoms with Gasteiger partial charge in [0.1, 0.15) is 6.54 Å². The molecule has 0 bridgehead atoms. The topological polar surface area (TPSA) is 63.5 Å². The van der Waals surface area contributed by atoms with Crippen LogP contribution in [-0.2, 0) is 29.0 Å². The molecule has 7 heteroatoms. The Bertz CT molecular complexity index is 1440. The molecule has 1 aromatic carbocycles. The van der Waals surface area contributed by atoms with Gasteiger partial charge in [0, 0.05) is 42.1 Å². The summed E-state index contributed by atoms with van der Waals surface area (Å²) in [6.45, 7) is 6.96. The lowest BCUT2D eigenvalue weighted by molar-refractivity contribution is -0.135. The van der Waals surface area contributed by atoms with Gasteiger partial charge in [0.05, 0.1) is 42.4 Å². The van der Waals surface area contributed by atoms with Gasteiger partial charge in [-0.3, -0.25) is 19.7 Å². The van der Waals surface area contributed by atoms with Crippen LogP contribution in [0.2, 0.25) is 0 Å². The third-order valence-corrected chi connectivity index (χ3v) is 8.39. The molecule has 1 atom stereocenters. The van der Waals surface area contributed by atoms with E-state index in [0.29, 0.717) is 38.9 Å². The van der Waals surface area contributed by atoms with Gasteiger partial charge in [-0.2, -0.15) is 0 Å². The maximum absolute atomic E-state index is 13.2. The molecule has 0 spiro atoms. The standard InChI is InChI=1S/C32H39N5O2/c1-2-3-6-15-36(29-13-7-9-24-10-8-14-33-32(24)29)22-25-20-27-26-11-4-5-12-28(26)37(30(27)21-34-25)23-31(38)35-16-18-39-19-17-35/h4-5,8,10-12,14,20-21,29H,2-3,6-7,9,13,15-19,22-23H2,1H3. The number of aryl methyl sites for hydroxylation is 1. The molecule has 4 heterocycles. The van der Waals surface area contributed by atoms with Gasteiger partial charge in [-0.05, 0) is 56.0 Å². The SMILES string of the molecule is CCCCCN(Cc1cc2c3ccccc3n(CC(=O)N3CCOCC3)c2cn1)C1CCCc2cccnc21. The van der Waals surface area contributed by atoms with Crippen molar-refractivity contribution >= 4 is 27.7 Å². The normalized spacial score (nSPS) is 17.7. The molecule has 1 amide bonds. The number of rotatable bonds is 9. The number of carbonyl (C=O) groups excluding carboxylic acids is 1. The zero-order valence-electron chi connectivity index (χ0n) is 23.0. The molecule has 0 saturated carbocycles. The quantitative estimate of drug-likeness (QED) is 0.270. The predicted octanol–water partition coefficient (Wildman–Crippen LogP) is 5.51. The number of fused-ring (bicyclic) bond motifs is 4. The fourth-order valence-electron chi connectivity index (χ4n) is 6.35. The van der Waals surface area contributed by atoms with Crippen LogP contribution < -0.4 is 0 Å². The van der Waals surface area contributed by atoms with Gasteiger partial charge in [-0.15, -0.1) is 0 Å². The second kappa shape index (κ2) is 11.8. The van der Waals surface area contributed by atoms with E-state index >= 15 is 0 Å². The number of hydrogen-bond acceptors (Lipinski definition) is 5. The number of pyridine rings is 2. The first kappa shape index (κ1) is 26.0. The molecular formula is C32H39N5O2. The monoisotopic (exact) mass is 525 g/mol. The second-order valence-electron chi connectivity index (χ2n) is 10.9. The van der Waals surface area contributed by atoms with Crippen molar-refractivity contribution in [3.05, 3.63) is 71.8 Å². The molecule has 3 aromatic heterocycles. The number of unbranched alkanes of at least 4 members (excludes halogenated alkanes) is 2. The minimum absolute atomic E-state index is 0.135. The first-order chi connectivity index (χ1) is 19.2. The number of morpholine rings is 1. The number of para-hydroxylation sites is 1. The van der Waals surface area contributed by atoms with Crippen LogP contribution in [0.25, 0.3) is 21.8 Å². The summed E-state index contributed by atoms with van der Waals surface area (Å²) in [7, 11) is 0. The Morgan fingerprint density at radius 2 is 1.92 bits per heavy atom. The molecule has 1 saturated heterocycles. The Balaban J connectivity index is 1.32. The van der Waals surface area contributed by atoms with Gasteiger partial charge in [0.25, 0.3) is 0 Å². The van der Waals surface area contributed by atoms with Crippen LogP contribution in [-0.4, -0.2) is 63.1 Å². The van der Waals surface area contributed by atoms with E-state index in [2.05, 4.69) is 52.8 Å². The Labute approximate surface area is 230 Å². The molecule has 2 aliphatic rings. The molecule has 204 valence electrons. The highest BCUT2D eigenvalue weighted by Crippen LogP contribution is 2.35. The average Bonchev–Trinajstić information content (AvgIpc) is 3.29. The summed E-state index contributed by atoms with van der Waals surface area (Å²) < 4.78 is 7.58. The van der Waals surface area contributed by atoms with Crippen molar-refractivity contribution < 1.29 is 9.53 Å². The molecule has 1 fully saturated rings. The molecule has 4 aromatic rings. The molecule has 39 heavy (non-hydrogen) atoms. The fraction of sp³-hybridized carbons (Fsp3) is 0.469. The molecule has 1 aliphatic carbocycles. The number of hydrogen-bond donors (Lipinski definition) is 0. The highest BCUT2D eigenvalue weighted by Gasteiger charge is 2.28. The largest absolute Gasteiger partial charge is 0.378 e. The van der Waals surface area contributed by atoms with Crippen LogP contribution >= 0.6 is 0 Å². The van der Waals surface area contributed by atoms with E-state index in [1.54, 1.807) is 0 Å². The lowest BCUT2D eigenvalue weighted by Gasteiger charge is -2.35. The summed E-state index contributed by atoms with van der Waals surface area (Å²) in [5.41, 5.74) is 5.82. The van der Waals surface area contributed by atoms with Crippen LogP contribution in [0.15, 0.2) is 54.9 Å². The van der Waals surface area contributed by atoms with Gasteiger partial charge < -0.3 is 14.2 Å². The van der Waals surface area contributed by atoms with E-state index < -0.39 is 0 Å². The van der Waals surface area contributed by atoms with E-state index in [-0.39, 0.29) is 5.91 Å². The Kier molecular flexibility index (Phi) is 7.88. The van der Waals surface area contributed by atoms with Crippen molar-refractivity contribution in [2.45, 2.75) is 64.6 Å². The highest BCUT2D eigenvalue weighted by atomic mass is 16.5. The van der Waals surface area contributed by atoms with Crippen LogP contribution in [0.1, 0.15) is 62.0 Å². The summed E-state index contributed by atoms with van der Waals surface area (Å²) in [6.07, 6.45) is 11.0. The number of amides is 1. The number of aromatic nitrogens is 3. The van der Waals surface area contributed by atoms with Crippen molar-refractivity contribution in [2.75, 3.05) is 32.8 Å². The second-order valence-corrected chi connectivity index (χ2v) is 10.9. The summed E-state index contributed by atoms with van der Waals surface area (Å²) >= 11 is 0. The van der Waals surface area contributed by atoms with E-state index in [1.165, 1.54) is 47.7 Å².